The highest BCUT2D eigenvalue weighted by Crippen LogP contribution is 2.36. The van der Waals surface area contributed by atoms with Crippen molar-refractivity contribution in [2.45, 2.75) is 45.4 Å². The van der Waals surface area contributed by atoms with Crippen molar-refractivity contribution in [3.63, 3.8) is 0 Å². The quantitative estimate of drug-likeness (QED) is 0.804. The van der Waals surface area contributed by atoms with E-state index in [4.69, 9.17) is 14.0 Å². The van der Waals surface area contributed by atoms with Gasteiger partial charge in [0, 0.05) is 12.6 Å². The molecule has 3 rings (SSSR count). The minimum Gasteiger partial charge on any atom is -0.496 e. The number of carbonyl (C=O) groups excluding carboxylic acids is 1. The molecule has 1 amide bonds. The van der Waals surface area contributed by atoms with Gasteiger partial charge in [0.25, 0.3) is 5.91 Å². The predicted molar refractivity (Wildman–Crippen MR) is 106 cm³/mol. The molecule has 0 bridgehead atoms. The van der Waals surface area contributed by atoms with Crippen molar-refractivity contribution in [2.75, 3.05) is 7.11 Å². The molecule has 1 saturated heterocycles. The van der Waals surface area contributed by atoms with Crippen LogP contribution < -0.4 is 15.5 Å². The van der Waals surface area contributed by atoms with E-state index in [1.165, 1.54) is 25.3 Å². The number of benzene rings is 2. The van der Waals surface area contributed by atoms with Gasteiger partial charge in [-0.05, 0) is 50.9 Å². The maximum Gasteiger partial charge on any atom is 0.494 e. The Morgan fingerprint density at radius 3 is 2.25 bits per heavy atom. The summed E-state index contributed by atoms with van der Waals surface area (Å²) in [6, 6.07) is 11.5. The largest absolute Gasteiger partial charge is 0.496 e. The zero-order valence-electron chi connectivity index (χ0n) is 16.8. The molecule has 0 aromatic heterocycles. The molecule has 1 aliphatic rings. The second-order valence-corrected chi connectivity index (χ2v) is 7.86. The highest BCUT2D eigenvalue weighted by molar-refractivity contribution is 6.62. The summed E-state index contributed by atoms with van der Waals surface area (Å²) in [5.41, 5.74) is 1.36. The normalized spacial score (nSPS) is 17.4. The molecular weight excluding hydrogens is 360 g/mol. The average molecular weight is 385 g/mol. The number of hydrogen-bond donors (Lipinski definition) is 1. The molecule has 0 spiro atoms. The molecule has 1 N–H and O–H groups in total. The van der Waals surface area contributed by atoms with E-state index in [9.17, 15) is 9.18 Å². The summed E-state index contributed by atoms with van der Waals surface area (Å²) in [7, 11) is 0.983. The number of hydrogen-bond acceptors (Lipinski definition) is 4. The second kappa shape index (κ2) is 7.56. The van der Waals surface area contributed by atoms with E-state index in [1.807, 2.05) is 52.0 Å². The number of halogens is 1. The van der Waals surface area contributed by atoms with Crippen LogP contribution in [0.1, 0.15) is 43.6 Å². The van der Waals surface area contributed by atoms with Gasteiger partial charge >= 0.3 is 7.12 Å². The van der Waals surface area contributed by atoms with Crippen molar-refractivity contribution in [1.82, 2.24) is 5.32 Å². The molecule has 5 nitrogen and oxygen atoms in total. The standard InChI is InChI=1S/C21H25BFNO4/c1-20(2)21(3,4)28-22(27-20)15-8-6-14(7-9-15)13-24-19(25)17-11-10-16(23)12-18(17)26-5/h6-12H,13H2,1-5H3,(H,24,25). The summed E-state index contributed by atoms with van der Waals surface area (Å²) < 4.78 is 30.4. The third-order valence-corrected chi connectivity index (χ3v) is 5.37. The Balaban J connectivity index is 1.63. The maximum atomic E-state index is 13.3. The van der Waals surface area contributed by atoms with Crippen molar-refractivity contribution in [2.24, 2.45) is 0 Å². The van der Waals surface area contributed by atoms with Crippen LogP contribution in [0, 0.1) is 5.82 Å². The van der Waals surface area contributed by atoms with Crippen LogP contribution in [0.2, 0.25) is 0 Å². The molecule has 0 unspecified atom stereocenters. The average Bonchev–Trinajstić information content (AvgIpc) is 2.87. The first-order valence-electron chi connectivity index (χ1n) is 9.19. The first-order valence-corrected chi connectivity index (χ1v) is 9.19. The molecular formula is C21H25BFNO4. The van der Waals surface area contributed by atoms with Crippen LogP contribution in [0.4, 0.5) is 4.39 Å². The van der Waals surface area contributed by atoms with Crippen molar-refractivity contribution in [1.29, 1.82) is 0 Å². The highest BCUT2D eigenvalue weighted by Gasteiger charge is 2.51. The zero-order valence-corrected chi connectivity index (χ0v) is 16.8. The smallest absolute Gasteiger partial charge is 0.494 e. The molecule has 2 aromatic carbocycles. The lowest BCUT2D eigenvalue weighted by molar-refractivity contribution is 0.00578. The Morgan fingerprint density at radius 1 is 1.07 bits per heavy atom. The van der Waals surface area contributed by atoms with Crippen LogP contribution in [-0.2, 0) is 15.9 Å². The lowest BCUT2D eigenvalue weighted by atomic mass is 9.79. The highest BCUT2D eigenvalue weighted by atomic mass is 19.1. The topological polar surface area (TPSA) is 56.8 Å². The fraction of sp³-hybridized carbons (Fsp3) is 0.381. The number of methoxy groups -OCH3 is 1. The van der Waals surface area contributed by atoms with Crippen molar-refractivity contribution < 1.29 is 23.2 Å². The van der Waals surface area contributed by atoms with E-state index < -0.39 is 24.1 Å². The Hall–Kier alpha value is -2.38. The monoisotopic (exact) mass is 385 g/mol. The van der Waals surface area contributed by atoms with Gasteiger partial charge in [0.1, 0.15) is 11.6 Å². The molecule has 7 heteroatoms. The van der Waals surface area contributed by atoms with Crippen LogP contribution in [0.25, 0.3) is 0 Å². The van der Waals surface area contributed by atoms with E-state index in [1.54, 1.807) is 0 Å². The van der Waals surface area contributed by atoms with E-state index in [-0.39, 0.29) is 17.2 Å². The third kappa shape index (κ3) is 4.05. The molecule has 1 fully saturated rings. The summed E-state index contributed by atoms with van der Waals surface area (Å²) in [5.74, 6) is -0.577. The predicted octanol–water partition coefficient (Wildman–Crippen LogP) is 3.06. The summed E-state index contributed by atoms with van der Waals surface area (Å²) in [4.78, 5) is 12.4. The lowest BCUT2D eigenvalue weighted by Gasteiger charge is -2.32. The van der Waals surface area contributed by atoms with Gasteiger partial charge in [0.15, 0.2) is 0 Å². The Morgan fingerprint density at radius 2 is 1.68 bits per heavy atom. The fourth-order valence-electron chi connectivity index (χ4n) is 2.90. The summed E-state index contributed by atoms with van der Waals surface area (Å²) >= 11 is 0. The Bertz CT molecular complexity index is 851. The van der Waals surface area contributed by atoms with Crippen LogP contribution in [0.15, 0.2) is 42.5 Å². The fourth-order valence-corrected chi connectivity index (χ4v) is 2.90. The van der Waals surface area contributed by atoms with E-state index >= 15 is 0 Å². The van der Waals surface area contributed by atoms with Crippen molar-refractivity contribution >= 4 is 18.5 Å². The number of carbonyl (C=O) groups is 1. The van der Waals surface area contributed by atoms with E-state index in [0.29, 0.717) is 6.54 Å². The van der Waals surface area contributed by atoms with Crippen LogP contribution in [-0.4, -0.2) is 31.3 Å². The minimum atomic E-state index is -0.452. The molecule has 1 heterocycles. The number of rotatable bonds is 5. The van der Waals surface area contributed by atoms with Crippen LogP contribution >= 0.6 is 0 Å². The Labute approximate surface area is 165 Å². The van der Waals surface area contributed by atoms with Gasteiger partial charge in [0.05, 0.1) is 23.9 Å². The van der Waals surface area contributed by atoms with Gasteiger partial charge in [-0.1, -0.05) is 24.3 Å². The Kier molecular flexibility index (Phi) is 5.50. The molecule has 0 saturated carbocycles. The second-order valence-electron chi connectivity index (χ2n) is 7.86. The first kappa shape index (κ1) is 20.4. The van der Waals surface area contributed by atoms with Crippen molar-refractivity contribution in [3.8, 4) is 5.75 Å². The van der Waals surface area contributed by atoms with Crippen LogP contribution in [0.5, 0.6) is 5.75 Å². The first-order chi connectivity index (χ1) is 13.1. The molecule has 0 aliphatic carbocycles. The summed E-state index contributed by atoms with van der Waals surface area (Å²) in [5, 5.41) is 2.82. The van der Waals surface area contributed by atoms with E-state index in [0.717, 1.165) is 11.0 Å². The van der Waals surface area contributed by atoms with Gasteiger partial charge in [-0.2, -0.15) is 0 Å². The lowest BCUT2D eigenvalue weighted by Crippen LogP contribution is -2.41. The molecule has 28 heavy (non-hydrogen) atoms. The van der Waals surface area contributed by atoms with E-state index in [2.05, 4.69) is 5.32 Å². The number of ether oxygens (including phenoxy) is 1. The SMILES string of the molecule is COc1cc(F)ccc1C(=O)NCc1ccc(B2OC(C)(C)C(C)(C)O2)cc1. The number of amides is 1. The van der Waals surface area contributed by atoms with Gasteiger partial charge < -0.3 is 19.4 Å². The van der Waals surface area contributed by atoms with Gasteiger partial charge in [0.2, 0.25) is 0 Å². The third-order valence-electron chi connectivity index (χ3n) is 5.37. The maximum absolute atomic E-state index is 13.3. The molecule has 148 valence electrons. The molecule has 1 aliphatic heterocycles. The van der Waals surface area contributed by atoms with Crippen molar-refractivity contribution in [3.05, 3.63) is 59.4 Å². The zero-order chi connectivity index (χ0) is 20.5. The van der Waals surface area contributed by atoms with Crippen LogP contribution in [0.3, 0.4) is 0 Å². The molecule has 0 radical (unpaired) electrons. The van der Waals surface area contributed by atoms with Gasteiger partial charge in [-0.3, -0.25) is 4.79 Å². The molecule has 0 atom stereocenters. The van der Waals surface area contributed by atoms with Gasteiger partial charge in [-0.25, -0.2) is 4.39 Å². The number of nitrogens with one attached hydrogen (secondary N) is 1. The minimum absolute atomic E-state index is 0.202. The summed E-state index contributed by atoms with van der Waals surface area (Å²) in [6.45, 7) is 8.39. The molecule has 2 aromatic rings. The van der Waals surface area contributed by atoms with Gasteiger partial charge in [-0.15, -0.1) is 0 Å². The summed E-state index contributed by atoms with van der Waals surface area (Å²) in [6.07, 6.45) is 0.